The Balaban J connectivity index is 3.50. The van der Waals surface area contributed by atoms with Crippen molar-refractivity contribution in [2.75, 3.05) is 20.8 Å². The Morgan fingerprint density at radius 1 is 1.28 bits per heavy atom. The van der Waals surface area contributed by atoms with Crippen molar-refractivity contribution >= 4 is 11.7 Å². The number of nitrogens with zero attached hydrogens (tertiary/aromatic N) is 1. The van der Waals surface area contributed by atoms with E-state index in [9.17, 15) is 14.9 Å². The molecule has 0 N–H and O–H groups in total. The molecule has 1 aromatic carbocycles. The van der Waals surface area contributed by atoms with Crippen molar-refractivity contribution < 1.29 is 23.9 Å². The van der Waals surface area contributed by atoms with E-state index in [2.05, 4.69) is 0 Å². The molecule has 0 saturated carbocycles. The van der Waals surface area contributed by atoms with Crippen LogP contribution in [0, 0.1) is 10.1 Å². The molecule has 0 bridgehead atoms. The van der Waals surface area contributed by atoms with Gasteiger partial charge in [0.05, 0.1) is 25.7 Å². The van der Waals surface area contributed by atoms with Gasteiger partial charge >= 0.3 is 11.7 Å². The predicted octanol–water partition coefficient (Wildman–Crippen LogP) is 1.79. The first kappa shape index (κ1) is 13.8. The number of hydrogen-bond donors (Lipinski definition) is 0. The van der Waals surface area contributed by atoms with E-state index in [4.69, 9.17) is 14.2 Å². The summed E-state index contributed by atoms with van der Waals surface area (Å²) in [4.78, 5) is 22.1. The van der Waals surface area contributed by atoms with Crippen LogP contribution in [-0.2, 0) is 4.74 Å². The molecule has 0 fully saturated rings. The molecule has 0 aliphatic heterocycles. The molecule has 0 amide bonds. The van der Waals surface area contributed by atoms with Crippen molar-refractivity contribution in [2.24, 2.45) is 0 Å². The fourth-order valence-electron chi connectivity index (χ4n) is 1.47. The molecule has 98 valence electrons. The van der Waals surface area contributed by atoms with E-state index in [1.165, 1.54) is 26.4 Å². The monoisotopic (exact) mass is 255 g/mol. The molecule has 0 heterocycles. The molecule has 1 aromatic rings. The summed E-state index contributed by atoms with van der Waals surface area (Å²) in [7, 11) is 2.60. The Morgan fingerprint density at radius 3 is 2.28 bits per heavy atom. The van der Waals surface area contributed by atoms with E-state index in [0.717, 1.165) is 0 Å². The molecule has 7 heteroatoms. The van der Waals surface area contributed by atoms with Gasteiger partial charge in [-0.05, 0) is 19.1 Å². The zero-order valence-corrected chi connectivity index (χ0v) is 10.3. The van der Waals surface area contributed by atoms with Crippen LogP contribution in [-0.4, -0.2) is 31.7 Å². The smallest absolute Gasteiger partial charge is 0.349 e. The molecule has 0 saturated heterocycles. The van der Waals surface area contributed by atoms with Crippen LogP contribution in [0.2, 0.25) is 0 Å². The van der Waals surface area contributed by atoms with E-state index < -0.39 is 16.6 Å². The van der Waals surface area contributed by atoms with Gasteiger partial charge in [0.25, 0.3) is 0 Å². The van der Waals surface area contributed by atoms with Crippen molar-refractivity contribution in [1.29, 1.82) is 0 Å². The van der Waals surface area contributed by atoms with Gasteiger partial charge in [-0.3, -0.25) is 10.1 Å². The van der Waals surface area contributed by atoms with Crippen LogP contribution in [0.1, 0.15) is 17.3 Å². The SMILES string of the molecule is CCOC(=O)c1c(OC)ccc(OC)c1[N+](=O)[O-]. The number of rotatable bonds is 5. The number of carbonyl (C=O) groups excluding carboxylic acids is 1. The quantitative estimate of drug-likeness (QED) is 0.452. The van der Waals surface area contributed by atoms with Crippen LogP contribution in [0.4, 0.5) is 5.69 Å². The average Bonchev–Trinajstić information content (AvgIpc) is 2.36. The number of nitro benzene ring substituents is 1. The highest BCUT2D eigenvalue weighted by molar-refractivity contribution is 5.98. The summed E-state index contributed by atoms with van der Waals surface area (Å²) < 4.78 is 14.6. The Hall–Kier alpha value is -2.31. The van der Waals surface area contributed by atoms with Gasteiger partial charge in [0, 0.05) is 0 Å². The molecule has 0 unspecified atom stereocenters. The van der Waals surface area contributed by atoms with E-state index in [1.807, 2.05) is 0 Å². The van der Waals surface area contributed by atoms with Gasteiger partial charge in [-0.15, -0.1) is 0 Å². The summed E-state index contributed by atoms with van der Waals surface area (Å²) in [5.74, 6) is -0.773. The summed E-state index contributed by atoms with van der Waals surface area (Å²) in [6.07, 6.45) is 0. The van der Waals surface area contributed by atoms with Crippen LogP contribution in [0.15, 0.2) is 12.1 Å². The predicted molar refractivity (Wildman–Crippen MR) is 62.2 cm³/mol. The van der Waals surface area contributed by atoms with E-state index in [1.54, 1.807) is 6.92 Å². The topological polar surface area (TPSA) is 87.9 Å². The molecule has 7 nitrogen and oxygen atoms in total. The first-order valence-electron chi connectivity index (χ1n) is 5.13. The van der Waals surface area contributed by atoms with Gasteiger partial charge in [-0.1, -0.05) is 0 Å². The highest BCUT2D eigenvalue weighted by Crippen LogP contribution is 2.37. The number of methoxy groups -OCH3 is 2. The third-order valence-corrected chi connectivity index (χ3v) is 2.20. The fourth-order valence-corrected chi connectivity index (χ4v) is 1.47. The van der Waals surface area contributed by atoms with Gasteiger partial charge in [-0.25, -0.2) is 4.79 Å². The van der Waals surface area contributed by atoms with Crippen molar-refractivity contribution in [1.82, 2.24) is 0 Å². The number of benzene rings is 1. The van der Waals surface area contributed by atoms with Crippen LogP contribution in [0.5, 0.6) is 11.5 Å². The van der Waals surface area contributed by atoms with E-state index >= 15 is 0 Å². The molecule has 0 aliphatic carbocycles. The molecule has 1 rings (SSSR count). The summed E-state index contributed by atoms with van der Waals surface area (Å²) in [6, 6.07) is 2.78. The van der Waals surface area contributed by atoms with Crippen LogP contribution >= 0.6 is 0 Å². The molecular weight excluding hydrogens is 242 g/mol. The maximum Gasteiger partial charge on any atom is 0.349 e. The summed E-state index contributed by atoms with van der Waals surface area (Å²) in [5.41, 5.74) is -0.709. The zero-order valence-electron chi connectivity index (χ0n) is 10.3. The highest BCUT2D eigenvalue weighted by Gasteiger charge is 2.30. The third-order valence-electron chi connectivity index (χ3n) is 2.20. The first-order valence-corrected chi connectivity index (χ1v) is 5.13. The fraction of sp³-hybridized carbons (Fsp3) is 0.364. The van der Waals surface area contributed by atoms with Crippen LogP contribution in [0.25, 0.3) is 0 Å². The van der Waals surface area contributed by atoms with Gasteiger partial charge in [-0.2, -0.15) is 0 Å². The first-order chi connectivity index (χ1) is 8.56. The van der Waals surface area contributed by atoms with Crippen molar-refractivity contribution in [2.45, 2.75) is 6.92 Å². The maximum atomic E-state index is 11.8. The van der Waals surface area contributed by atoms with Gasteiger partial charge < -0.3 is 14.2 Å². The Kier molecular flexibility index (Phi) is 4.47. The number of hydrogen-bond acceptors (Lipinski definition) is 6. The van der Waals surface area contributed by atoms with Crippen LogP contribution in [0.3, 0.4) is 0 Å². The van der Waals surface area contributed by atoms with Crippen molar-refractivity contribution in [3.8, 4) is 11.5 Å². The Labute approximate surface area is 103 Å². The lowest BCUT2D eigenvalue weighted by Gasteiger charge is -2.10. The molecule has 0 radical (unpaired) electrons. The normalized spacial score (nSPS) is 9.72. The van der Waals surface area contributed by atoms with Gasteiger partial charge in [0.15, 0.2) is 11.3 Å². The summed E-state index contributed by atoms with van der Waals surface area (Å²) >= 11 is 0. The summed E-state index contributed by atoms with van der Waals surface area (Å²) in [5, 5.41) is 11.0. The van der Waals surface area contributed by atoms with Crippen LogP contribution < -0.4 is 9.47 Å². The lowest BCUT2D eigenvalue weighted by atomic mass is 10.1. The second kappa shape index (κ2) is 5.85. The van der Waals surface area contributed by atoms with Crippen molar-refractivity contribution in [3.05, 3.63) is 27.8 Å². The van der Waals surface area contributed by atoms with Gasteiger partial charge in [0.1, 0.15) is 5.75 Å². The Morgan fingerprint density at radius 2 is 1.83 bits per heavy atom. The molecule has 18 heavy (non-hydrogen) atoms. The number of carbonyl (C=O) groups is 1. The minimum absolute atomic E-state index is 0.0242. The van der Waals surface area contributed by atoms with Gasteiger partial charge in [0.2, 0.25) is 0 Å². The highest BCUT2D eigenvalue weighted by atomic mass is 16.6. The largest absolute Gasteiger partial charge is 0.496 e. The number of nitro groups is 1. The second-order valence-corrected chi connectivity index (χ2v) is 3.17. The lowest BCUT2D eigenvalue weighted by Crippen LogP contribution is -2.11. The molecule has 0 atom stereocenters. The maximum absolute atomic E-state index is 11.8. The Bertz CT molecular complexity index is 471. The lowest BCUT2D eigenvalue weighted by molar-refractivity contribution is -0.386. The minimum Gasteiger partial charge on any atom is -0.496 e. The molecule has 0 aliphatic rings. The standard InChI is InChI=1S/C11H13NO6/c1-4-18-11(13)9-7(16-2)5-6-8(17-3)10(9)12(14)15/h5-6H,4H2,1-3H3. The number of ether oxygens (including phenoxy) is 3. The zero-order chi connectivity index (χ0) is 13.7. The molecular formula is C11H13NO6. The molecule has 0 aromatic heterocycles. The van der Waals surface area contributed by atoms with E-state index in [0.29, 0.717) is 0 Å². The third kappa shape index (κ3) is 2.50. The minimum atomic E-state index is -0.819. The number of esters is 1. The molecule has 0 spiro atoms. The van der Waals surface area contributed by atoms with Crippen molar-refractivity contribution in [3.63, 3.8) is 0 Å². The van der Waals surface area contributed by atoms with E-state index in [-0.39, 0.29) is 23.7 Å². The second-order valence-electron chi connectivity index (χ2n) is 3.17. The average molecular weight is 255 g/mol. The summed E-state index contributed by atoms with van der Waals surface area (Å²) in [6.45, 7) is 1.72.